The van der Waals surface area contributed by atoms with Crippen molar-refractivity contribution in [2.75, 3.05) is 6.54 Å². The Morgan fingerprint density at radius 1 is 1.58 bits per heavy atom. The van der Waals surface area contributed by atoms with Gasteiger partial charge in [0.15, 0.2) is 0 Å². The van der Waals surface area contributed by atoms with Crippen LogP contribution in [-0.2, 0) is 6.54 Å². The van der Waals surface area contributed by atoms with Gasteiger partial charge in [0.05, 0.1) is 3.79 Å². The first-order chi connectivity index (χ1) is 5.84. The zero-order valence-electron chi connectivity index (χ0n) is 7.27. The Bertz CT molecular complexity index is 222. The predicted octanol–water partition coefficient (Wildman–Crippen LogP) is 3.40. The molecule has 0 unspecified atom stereocenters. The van der Waals surface area contributed by atoms with E-state index in [0.29, 0.717) is 0 Å². The van der Waals surface area contributed by atoms with Crippen molar-refractivity contribution < 1.29 is 0 Å². The van der Waals surface area contributed by atoms with Gasteiger partial charge in [0, 0.05) is 6.54 Å². The molecule has 0 aliphatic heterocycles. The predicted molar refractivity (Wildman–Crippen MR) is 58.6 cm³/mol. The summed E-state index contributed by atoms with van der Waals surface area (Å²) in [6.07, 6.45) is 2.53. The molecule has 12 heavy (non-hydrogen) atoms. The molecule has 0 saturated heterocycles. The largest absolute Gasteiger partial charge is 0.313 e. The van der Waals surface area contributed by atoms with Crippen LogP contribution in [0.3, 0.4) is 0 Å². The van der Waals surface area contributed by atoms with Crippen LogP contribution in [0.25, 0.3) is 0 Å². The van der Waals surface area contributed by atoms with E-state index in [1.165, 1.54) is 22.2 Å². The van der Waals surface area contributed by atoms with Crippen molar-refractivity contribution in [3.8, 4) is 0 Å². The lowest BCUT2D eigenvalue weighted by Crippen LogP contribution is -2.13. The van der Waals surface area contributed by atoms with Crippen LogP contribution in [0.15, 0.2) is 15.2 Å². The molecule has 0 amide bonds. The Morgan fingerprint density at radius 2 is 2.42 bits per heavy atom. The maximum atomic E-state index is 3.51. The summed E-state index contributed by atoms with van der Waals surface area (Å²) < 4.78 is 1.26. The Balaban J connectivity index is 2.20. The summed E-state index contributed by atoms with van der Waals surface area (Å²) in [6, 6.07) is 2.16. The first kappa shape index (κ1) is 10.2. The first-order valence-corrected chi connectivity index (χ1v) is 5.94. The molecule has 3 heteroatoms. The van der Waals surface area contributed by atoms with Crippen LogP contribution in [0.5, 0.6) is 0 Å². The van der Waals surface area contributed by atoms with Gasteiger partial charge in [-0.15, -0.1) is 11.3 Å². The minimum atomic E-state index is 0.990. The van der Waals surface area contributed by atoms with E-state index in [1.54, 1.807) is 11.3 Å². The zero-order chi connectivity index (χ0) is 8.81. The Morgan fingerprint density at radius 3 is 3.00 bits per heavy atom. The summed E-state index contributed by atoms with van der Waals surface area (Å²) in [7, 11) is 0. The van der Waals surface area contributed by atoms with Crippen LogP contribution in [0.1, 0.15) is 25.3 Å². The van der Waals surface area contributed by atoms with Gasteiger partial charge in [0.25, 0.3) is 0 Å². The zero-order valence-corrected chi connectivity index (χ0v) is 9.67. The van der Waals surface area contributed by atoms with E-state index in [9.17, 15) is 0 Å². The lowest BCUT2D eigenvalue weighted by Gasteiger charge is -2.01. The number of nitrogens with one attached hydrogen (secondary N) is 1. The highest BCUT2D eigenvalue weighted by Gasteiger charge is 1.98. The van der Waals surface area contributed by atoms with Crippen LogP contribution < -0.4 is 5.32 Å². The van der Waals surface area contributed by atoms with E-state index in [1.807, 2.05) is 0 Å². The smallest absolute Gasteiger partial charge is 0.0743 e. The number of hydrogen-bond donors (Lipinski definition) is 1. The number of hydrogen-bond acceptors (Lipinski definition) is 2. The quantitative estimate of drug-likeness (QED) is 0.787. The second kappa shape index (κ2) is 5.73. The summed E-state index contributed by atoms with van der Waals surface area (Å²) in [5.74, 6) is 0. The summed E-state index contributed by atoms with van der Waals surface area (Å²) in [4.78, 5) is 0. The number of thiophene rings is 1. The molecule has 0 radical (unpaired) electrons. The van der Waals surface area contributed by atoms with Crippen LogP contribution in [0.4, 0.5) is 0 Å². The van der Waals surface area contributed by atoms with Gasteiger partial charge >= 0.3 is 0 Å². The molecule has 68 valence electrons. The Hall–Kier alpha value is 0.140. The maximum absolute atomic E-state index is 3.51. The molecule has 0 bridgehead atoms. The van der Waals surface area contributed by atoms with Crippen molar-refractivity contribution in [3.05, 3.63) is 20.8 Å². The topological polar surface area (TPSA) is 12.0 Å². The summed E-state index contributed by atoms with van der Waals surface area (Å²) in [5, 5.41) is 5.52. The molecule has 1 aromatic heterocycles. The van der Waals surface area contributed by atoms with Gasteiger partial charge in [-0.1, -0.05) is 13.3 Å². The maximum Gasteiger partial charge on any atom is 0.0743 e. The lowest BCUT2D eigenvalue weighted by atomic mass is 10.3. The number of rotatable bonds is 5. The molecule has 0 fully saturated rings. The highest BCUT2D eigenvalue weighted by atomic mass is 79.9. The van der Waals surface area contributed by atoms with Gasteiger partial charge in [-0.25, -0.2) is 0 Å². The van der Waals surface area contributed by atoms with Crippen molar-refractivity contribution in [3.63, 3.8) is 0 Å². The van der Waals surface area contributed by atoms with Crippen LogP contribution in [-0.4, -0.2) is 6.54 Å². The molecule has 1 heterocycles. The normalized spacial score (nSPS) is 10.5. The fraction of sp³-hybridized carbons (Fsp3) is 0.556. The molecule has 1 aromatic rings. The van der Waals surface area contributed by atoms with Gasteiger partial charge in [-0.3, -0.25) is 0 Å². The third-order valence-electron chi connectivity index (χ3n) is 1.72. The molecule has 0 aliphatic rings. The highest BCUT2D eigenvalue weighted by molar-refractivity contribution is 9.11. The molecule has 1 nitrogen and oxygen atoms in total. The van der Waals surface area contributed by atoms with Crippen molar-refractivity contribution >= 4 is 27.3 Å². The van der Waals surface area contributed by atoms with Gasteiger partial charge < -0.3 is 5.32 Å². The second-order valence-electron chi connectivity index (χ2n) is 2.75. The fourth-order valence-corrected chi connectivity index (χ4v) is 2.21. The molecule has 0 spiro atoms. The molecule has 0 atom stereocenters. The van der Waals surface area contributed by atoms with Crippen molar-refractivity contribution in [1.82, 2.24) is 5.32 Å². The SMILES string of the molecule is CCCCNCc1ccsc1Br. The van der Waals surface area contributed by atoms with Crippen LogP contribution in [0, 0.1) is 0 Å². The average molecular weight is 248 g/mol. The van der Waals surface area contributed by atoms with E-state index < -0.39 is 0 Å². The van der Waals surface area contributed by atoms with Gasteiger partial charge in [0.1, 0.15) is 0 Å². The van der Waals surface area contributed by atoms with Crippen molar-refractivity contribution in [2.45, 2.75) is 26.3 Å². The van der Waals surface area contributed by atoms with Gasteiger partial charge in [-0.2, -0.15) is 0 Å². The van der Waals surface area contributed by atoms with E-state index in [4.69, 9.17) is 0 Å². The van der Waals surface area contributed by atoms with Crippen LogP contribution in [0.2, 0.25) is 0 Å². The minimum Gasteiger partial charge on any atom is -0.313 e. The summed E-state index contributed by atoms with van der Waals surface area (Å²) in [6.45, 7) is 4.32. The molecular formula is C9H14BrNS. The van der Waals surface area contributed by atoms with E-state index >= 15 is 0 Å². The average Bonchev–Trinajstić information content (AvgIpc) is 2.46. The monoisotopic (exact) mass is 247 g/mol. The van der Waals surface area contributed by atoms with Gasteiger partial charge in [-0.05, 0) is 45.9 Å². The number of halogens is 1. The third kappa shape index (κ3) is 3.25. The van der Waals surface area contributed by atoms with Crippen molar-refractivity contribution in [2.24, 2.45) is 0 Å². The Kier molecular flexibility index (Phi) is 4.88. The van der Waals surface area contributed by atoms with Crippen LogP contribution >= 0.6 is 27.3 Å². The molecule has 1 rings (SSSR count). The molecule has 0 aromatic carbocycles. The highest BCUT2D eigenvalue weighted by Crippen LogP contribution is 2.22. The molecule has 1 N–H and O–H groups in total. The van der Waals surface area contributed by atoms with E-state index in [0.717, 1.165) is 13.1 Å². The third-order valence-corrected chi connectivity index (χ3v) is 3.53. The van der Waals surface area contributed by atoms with Crippen molar-refractivity contribution in [1.29, 1.82) is 0 Å². The fourth-order valence-electron chi connectivity index (χ4n) is 0.970. The standard InChI is InChI=1S/C9H14BrNS/c1-2-3-5-11-7-8-4-6-12-9(8)10/h4,6,11H,2-3,5,7H2,1H3. The van der Waals surface area contributed by atoms with Gasteiger partial charge in [0.2, 0.25) is 0 Å². The van der Waals surface area contributed by atoms with E-state index in [2.05, 4.69) is 39.6 Å². The lowest BCUT2D eigenvalue weighted by molar-refractivity contribution is 0.641. The van der Waals surface area contributed by atoms with E-state index in [-0.39, 0.29) is 0 Å². The Labute approximate surface area is 86.3 Å². The molecular weight excluding hydrogens is 234 g/mol. The first-order valence-electron chi connectivity index (χ1n) is 4.27. The number of unbranched alkanes of at least 4 members (excludes halogenated alkanes) is 1. The molecule has 0 aliphatic carbocycles. The summed E-state index contributed by atoms with van der Waals surface area (Å²) >= 11 is 5.26. The molecule has 0 saturated carbocycles. The summed E-state index contributed by atoms with van der Waals surface area (Å²) in [5.41, 5.74) is 1.37. The minimum absolute atomic E-state index is 0.990. The second-order valence-corrected chi connectivity index (χ2v) is 4.98.